The molecule has 1 aromatic carbocycles. The molecule has 1 heterocycles. The molecule has 0 aliphatic heterocycles. The molecule has 0 atom stereocenters. The first kappa shape index (κ1) is 14.7. The van der Waals surface area contributed by atoms with E-state index in [0.29, 0.717) is 6.54 Å². The highest BCUT2D eigenvalue weighted by molar-refractivity contribution is 5.61. The number of nitrogens with two attached hydrogens (primary N) is 1. The van der Waals surface area contributed by atoms with Gasteiger partial charge in [-0.1, -0.05) is 24.3 Å². The van der Waals surface area contributed by atoms with Crippen LogP contribution in [0.5, 0.6) is 0 Å². The molecule has 0 saturated heterocycles. The van der Waals surface area contributed by atoms with Gasteiger partial charge in [-0.05, 0) is 25.0 Å². The number of hydrogen-bond donors (Lipinski definition) is 1. The number of nitrogens with zero attached hydrogens (tertiary/aromatic N) is 4. The number of rotatable bonds is 4. The van der Waals surface area contributed by atoms with Gasteiger partial charge in [0.25, 0.3) is 0 Å². The zero-order valence-corrected chi connectivity index (χ0v) is 12.2. The molecule has 2 aromatic rings. The second-order valence-corrected chi connectivity index (χ2v) is 4.88. The van der Waals surface area contributed by atoms with Crippen LogP contribution in [-0.2, 0) is 6.54 Å². The summed E-state index contributed by atoms with van der Waals surface area (Å²) in [5.41, 5.74) is 7.96. The molecule has 2 N–H and O–H groups in total. The summed E-state index contributed by atoms with van der Waals surface area (Å²) in [5, 5.41) is 11.2. The van der Waals surface area contributed by atoms with E-state index >= 15 is 0 Å². The van der Waals surface area contributed by atoms with Crippen LogP contribution in [0.4, 0.5) is 17.5 Å². The largest absolute Gasteiger partial charge is 0.368 e. The normalized spacial score (nSPS) is 10.4. The van der Waals surface area contributed by atoms with E-state index in [2.05, 4.69) is 9.97 Å². The fourth-order valence-electron chi connectivity index (χ4n) is 2.17. The number of nitro groups is 1. The van der Waals surface area contributed by atoms with Crippen LogP contribution >= 0.6 is 0 Å². The minimum Gasteiger partial charge on any atom is -0.368 e. The highest BCUT2D eigenvalue weighted by atomic mass is 16.6. The fraction of sp³-hybridized carbons (Fsp3) is 0.286. The van der Waals surface area contributed by atoms with Gasteiger partial charge in [0, 0.05) is 13.6 Å². The molecular formula is C14H17N5O2. The van der Waals surface area contributed by atoms with E-state index in [1.165, 1.54) is 0 Å². The predicted molar refractivity (Wildman–Crippen MR) is 81.1 cm³/mol. The van der Waals surface area contributed by atoms with Gasteiger partial charge in [-0.25, -0.2) is 4.98 Å². The Morgan fingerprint density at radius 1 is 1.29 bits per heavy atom. The standard InChI is InChI=1S/C14H17N5O2/c1-9-6-4-5-7-11(9)8-18(3)13-12(19(20)21)10(2)16-14(15)17-13/h4-7H,8H2,1-3H3,(H2,15,16,17). The molecule has 0 bridgehead atoms. The third kappa shape index (κ3) is 3.07. The van der Waals surface area contributed by atoms with Crippen molar-refractivity contribution in [3.63, 3.8) is 0 Å². The lowest BCUT2D eigenvalue weighted by molar-refractivity contribution is -0.385. The zero-order chi connectivity index (χ0) is 15.6. The van der Waals surface area contributed by atoms with E-state index in [1.54, 1.807) is 18.9 Å². The van der Waals surface area contributed by atoms with Gasteiger partial charge in [-0.2, -0.15) is 4.98 Å². The van der Waals surface area contributed by atoms with Gasteiger partial charge in [-0.3, -0.25) is 10.1 Å². The van der Waals surface area contributed by atoms with Crippen molar-refractivity contribution in [3.05, 3.63) is 51.2 Å². The number of nitrogen functional groups attached to an aromatic ring is 1. The van der Waals surface area contributed by atoms with E-state index < -0.39 is 4.92 Å². The number of aryl methyl sites for hydroxylation is 2. The van der Waals surface area contributed by atoms with E-state index in [-0.39, 0.29) is 23.1 Å². The SMILES string of the molecule is Cc1ccccc1CN(C)c1nc(N)nc(C)c1[N+](=O)[O-]. The minimum absolute atomic E-state index is 0.0322. The molecule has 0 amide bonds. The smallest absolute Gasteiger partial charge is 0.332 e. The van der Waals surface area contributed by atoms with Gasteiger partial charge >= 0.3 is 5.69 Å². The minimum atomic E-state index is -0.474. The summed E-state index contributed by atoms with van der Waals surface area (Å²) in [4.78, 5) is 20.4. The van der Waals surface area contributed by atoms with E-state index in [1.807, 2.05) is 31.2 Å². The summed E-state index contributed by atoms with van der Waals surface area (Å²) >= 11 is 0. The van der Waals surface area contributed by atoms with Crippen LogP contribution in [-0.4, -0.2) is 21.9 Å². The monoisotopic (exact) mass is 287 g/mol. The summed E-state index contributed by atoms with van der Waals surface area (Å²) in [6, 6.07) is 7.87. The summed E-state index contributed by atoms with van der Waals surface area (Å²) < 4.78 is 0. The van der Waals surface area contributed by atoms with Gasteiger partial charge < -0.3 is 10.6 Å². The average Bonchev–Trinajstić information content (AvgIpc) is 2.39. The molecule has 7 nitrogen and oxygen atoms in total. The number of benzene rings is 1. The Bertz CT molecular complexity index is 687. The Morgan fingerprint density at radius 2 is 1.95 bits per heavy atom. The molecule has 7 heteroatoms. The molecule has 0 spiro atoms. The summed E-state index contributed by atoms with van der Waals surface area (Å²) in [6.45, 7) is 4.06. The molecule has 0 unspecified atom stereocenters. The van der Waals surface area contributed by atoms with Crippen LogP contribution in [0, 0.1) is 24.0 Å². The van der Waals surface area contributed by atoms with Crippen LogP contribution < -0.4 is 10.6 Å². The van der Waals surface area contributed by atoms with Crippen LogP contribution in [0.2, 0.25) is 0 Å². The predicted octanol–water partition coefficient (Wildman–Crippen LogP) is 2.22. The Kier molecular flexibility index (Phi) is 4.02. The molecule has 0 saturated carbocycles. The van der Waals surface area contributed by atoms with Crippen LogP contribution in [0.3, 0.4) is 0 Å². The van der Waals surface area contributed by atoms with E-state index in [4.69, 9.17) is 5.73 Å². The molecule has 0 aliphatic rings. The topological polar surface area (TPSA) is 98.2 Å². The third-order valence-corrected chi connectivity index (χ3v) is 3.27. The maximum Gasteiger partial charge on any atom is 0.332 e. The Labute approximate surface area is 122 Å². The fourth-order valence-corrected chi connectivity index (χ4v) is 2.17. The average molecular weight is 287 g/mol. The Morgan fingerprint density at radius 3 is 2.57 bits per heavy atom. The second-order valence-electron chi connectivity index (χ2n) is 4.88. The maximum atomic E-state index is 11.2. The molecule has 21 heavy (non-hydrogen) atoms. The molecule has 2 rings (SSSR count). The lowest BCUT2D eigenvalue weighted by atomic mass is 10.1. The maximum absolute atomic E-state index is 11.2. The summed E-state index contributed by atoms with van der Waals surface area (Å²) in [7, 11) is 1.75. The first-order valence-electron chi connectivity index (χ1n) is 6.44. The van der Waals surface area contributed by atoms with Crippen molar-refractivity contribution in [1.82, 2.24) is 9.97 Å². The zero-order valence-electron chi connectivity index (χ0n) is 12.2. The summed E-state index contributed by atoms with van der Waals surface area (Å²) in [5.74, 6) is 0.262. The Balaban J connectivity index is 2.41. The highest BCUT2D eigenvalue weighted by Gasteiger charge is 2.24. The van der Waals surface area contributed by atoms with E-state index in [0.717, 1.165) is 11.1 Å². The quantitative estimate of drug-likeness (QED) is 0.684. The second kappa shape index (κ2) is 5.74. The molecule has 110 valence electrons. The van der Waals surface area contributed by atoms with Crippen molar-refractivity contribution in [2.45, 2.75) is 20.4 Å². The number of anilines is 2. The molecule has 0 fully saturated rings. The Hall–Kier alpha value is -2.70. The third-order valence-electron chi connectivity index (χ3n) is 3.27. The van der Waals surface area contributed by atoms with Crippen molar-refractivity contribution >= 4 is 17.5 Å². The molecular weight excluding hydrogens is 270 g/mol. The lowest BCUT2D eigenvalue weighted by Gasteiger charge is -2.19. The molecule has 1 aromatic heterocycles. The lowest BCUT2D eigenvalue weighted by Crippen LogP contribution is -2.21. The molecule has 0 aliphatic carbocycles. The molecule has 0 radical (unpaired) electrons. The van der Waals surface area contributed by atoms with Gasteiger partial charge in [0.15, 0.2) is 0 Å². The summed E-state index contributed by atoms with van der Waals surface area (Å²) in [6.07, 6.45) is 0. The van der Waals surface area contributed by atoms with Gasteiger partial charge in [0.1, 0.15) is 5.69 Å². The van der Waals surface area contributed by atoms with Gasteiger partial charge in [-0.15, -0.1) is 0 Å². The first-order chi connectivity index (χ1) is 9.90. The van der Waals surface area contributed by atoms with Crippen molar-refractivity contribution in [2.24, 2.45) is 0 Å². The van der Waals surface area contributed by atoms with Gasteiger partial charge in [0.05, 0.1) is 4.92 Å². The number of hydrogen-bond acceptors (Lipinski definition) is 6. The van der Waals surface area contributed by atoms with Crippen molar-refractivity contribution in [2.75, 3.05) is 17.7 Å². The van der Waals surface area contributed by atoms with Crippen molar-refractivity contribution < 1.29 is 4.92 Å². The van der Waals surface area contributed by atoms with Crippen LogP contribution in [0.1, 0.15) is 16.8 Å². The van der Waals surface area contributed by atoms with Crippen molar-refractivity contribution in [1.29, 1.82) is 0 Å². The van der Waals surface area contributed by atoms with Crippen LogP contribution in [0.15, 0.2) is 24.3 Å². The van der Waals surface area contributed by atoms with Crippen LogP contribution in [0.25, 0.3) is 0 Å². The van der Waals surface area contributed by atoms with Crippen molar-refractivity contribution in [3.8, 4) is 0 Å². The first-order valence-corrected chi connectivity index (χ1v) is 6.44. The number of aromatic nitrogens is 2. The van der Waals surface area contributed by atoms with E-state index in [9.17, 15) is 10.1 Å². The van der Waals surface area contributed by atoms with Gasteiger partial charge in [0.2, 0.25) is 11.8 Å². The highest BCUT2D eigenvalue weighted by Crippen LogP contribution is 2.29.